The van der Waals surface area contributed by atoms with Crippen LogP contribution in [-0.2, 0) is 0 Å². The predicted octanol–water partition coefficient (Wildman–Crippen LogP) is 1.51. The zero-order chi connectivity index (χ0) is 19.5. The number of carbonyl (C=O) groups is 3. The lowest BCUT2D eigenvalue weighted by Crippen LogP contribution is -2.50. The van der Waals surface area contributed by atoms with Crippen molar-refractivity contribution in [3.8, 4) is 0 Å². The molecule has 146 valence electrons. The Hall–Kier alpha value is -3.16. The molecule has 2 aromatic rings. The highest BCUT2D eigenvalue weighted by Crippen LogP contribution is 2.15. The van der Waals surface area contributed by atoms with Gasteiger partial charge in [-0.1, -0.05) is 0 Å². The van der Waals surface area contributed by atoms with Gasteiger partial charge in [0.15, 0.2) is 5.76 Å². The van der Waals surface area contributed by atoms with Crippen LogP contribution in [0.3, 0.4) is 0 Å². The van der Waals surface area contributed by atoms with Gasteiger partial charge in [-0.25, -0.2) is 0 Å². The second-order valence-electron chi connectivity index (χ2n) is 6.99. The molecule has 0 aliphatic carbocycles. The molecule has 0 saturated carbocycles. The fraction of sp³-hybridized carbons (Fsp3) is 0.400. The standard InChI is InChI=1S/C20H22N4O4/c25-18(22-7-1-2-8-22)15-5-6-21-16(14-15)19(26)23-9-11-24(12-10-23)20(27)17-4-3-13-28-17/h3-6,13-14H,1-2,7-12H2. The number of amides is 3. The molecule has 0 unspecified atom stereocenters. The van der Waals surface area contributed by atoms with Gasteiger partial charge in [0, 0.05) is 51.0 Å². The number of pyridine rings is 1. The minimum Gasteiger partial charge on any atom is -0.459 e. The maximum Gasteiger partial charge on any atom is 0.289 e. The third-order valence-corrected chi connectivity index (χ3v) is 5.21. The minimum absolute atomic E-state index is 0.0530. The van der Waals surface area contributed by atoms with Crippen LogP contribution in [0, 0.1) is 0 Å². The average molecular weight is 382 g/mol. The van der Waals surface area contributed by atoms with Crippen molar-refractivity contribution in [1.82, 2.24) is 19.7 Å². The van der Waals surface area contributed by atoms with Crippen molar-refractivity contribution >= 4 is 17.7 Å². The van der Waals surface area contributed by atoms with Gasteiger partial charge < -0.3 is 19.1 Å². The summed E-state index contributed by atoms with van der Waals surface area (Å²) >= 11 is 0. The molecule has 8 heteroatoms. The zero-order valence-corrected chi connectivity index (χ0v) is 15.5. The topological polar surface area (TPSA) is 87.0 Å². The summed E-state index contributed by atoms with van der Waals surface area (Å²) in [6, 6.07) is 6.53. The van der Waals surface area contributed by atoms with Crippen LogP contribution in [0.5, 0.6) is 0 Å². The van der Waals surface area contributed by atoms with Gasteiger partial charge in [0.1, 0.15) is 5.69 Å². The van der Waals surface area contributed by atoms with E-state index in [9.17, 15) is 14.4 Å². The first-order chi connectivity index (χ1) is 13.6. The summed E-state index contributed by atoms with van der Waals surface area (Å²) in [4.78, 5) is 47.0. The lowest BCUT2D eigenvalue weighted by Gasteiger charge is -2.34. The third kappa shape index (κ3) is 3.62. The Bertz CT molecular complexity index is 866. The number of nitrogens with zero attached hydrogens (tertiary/aromatic N) is 4. The van der Waals surface area contributed by atoms with Crippen LogP contribution in [-0.4, -0.2) is 76.7 Å². The molecule has 2 fully saturated rings. The molecule has 4 heterocycles. The fourth-order valence-electron chi connectivity index (χ4n) is 3.61. The van der Waals surface area contributed by atoms with E-state index in [0.717, 1.165) is 25.9 Å². The Morgan fingerprint density at radius 3 is 2.11 bits per heavy atom. The van der Waals surface area contributed by atoms with Crippen LogP contribution in [0.25, 0.3) is 0 Å². The molecular weight excluding hydrogens is 360 g/mol. The minimum atomic E-state index is -0.221. The van der Waals surface area contributed by atoms with Crippen LogP contribution in [0.1, 0.15) is 44.2 Å². The second-order valence-corrected chi connectivity index (χ2v) is 6.99. The summed E-state index contributed by atoms with van der Waals surface area (Å²) in [6.07, 6.45) is 5.01. The molecule has 2 aliphatic rings. The number of hydrogen-bond donors (Lipinski definition) is 0. The molecule has 0 N–H and O–H groups in total. The lowest BCUT2D eigenvalue weighted by atomic mass is 10.2. The van der Waals surface area contributed by atoms with Gasteiger partial charge in [-0.05, 0) is 37.1 Å². The number of carbonyl (C=O) groups excluding carboxylic acids is 3. The summed E-state index contributed by atoms with van der Waals surface area (Å²) < 4.78 is 5.15. The van der Waals surface area contributed by atoms with E-state index in [2.05, 4.69) is 4.98 Å². The Labute approximate surface area is 162 Å². The third-order valence-electron chi connectivity index (χ3n) is 5.21. The molecule has 4 rings (SSSR count). The molecule has 0 atom stereocenters. The maximum absolute atomic E-state index is 12.8. The maximum atomic E-state index is 12.8. The lowest BCUT2D eigenvalue weighted by molar-refractivity contribution is 0.0515. The Balaban J connectivity index is 1.39. The van der Waals surface area contributed by atoms with Gasteiger partial charge >= 0.3 is 0 Å². The molecule has 2 aliphatic heterocycles. The summed E-state index contributed by atoms with van der Waals surface area (Å²) in [6.45, 7) is 3.20. The Morgan fingerprint density at radius 1 is 0.821 bits per heavy atom. The number of furan rings is 1. The van der Waals surface area contributed by atoms with Gasteiger partial charge in [0.05, 0.1) is 6.26 Å². The van der Waals surface area contributed by atoms with E-state index < -0.39 is 0 Å². The van der Waals surface area contributed by atoms with Crippen molar-refractivity contribution in [3.05, 3.63) is 53.7 Å². The average Bonchev–Trinajstić information content (AvgIpc) is 3.47. The van der Waals surface area contributed by atoms with Gasteiger partial charge in [0.2, 0.25) is 0 Å². The quantitative estimate of drug-likeness (QED) is 0.803. The largest absolute Gasteiger partial charge is 0.459 e. The summed E-state index contributed by atoms with van der Waals surface area (Å²) in [5.41, 5.74) is 0.753. The highest BCUT2D eigenvalue weighted by molar-refractivity contribution is 5.98. The number of aromatic nitrogens is 1. The number of likely N-dealkylation sites (tertiary alicyclic amines) is 1. The number of rotatable bonds is 3. The van der Waals surface area contributed by atoms with Gasteiger partial charge in [0.25, 0.3) is 17.7 Å². The van der Waals surface area contributed by atoms with Crippen molar-refractivity contribution in [2.45, 2.75) is 12.8 Å². The first-order valence-corrected chi connectivity index (χ1v) is 9.51. The van der Waals surface area contributed by atoms with Crippen molar-refractivity contribution < 1.29 is 18.8 Å². The molecule has 0 spiro atoms. The van der Waals surface area contributed by atoms with E-state index in [1.807, 2.05) is 4.90 Å². The van der Waals surface area contributed by atoms with E-state index in [0.29, 0.717) is 37.5 Å². The van der Waals surface area contributed by atoms with Crippen molar-refractivity contribution in [2.24, 2.45) is 0 Å². The number of hydrogen-bond acceptors (Lipinski definition) is 5. The first kappa shape index (κ1) is 18.2. The highest BCUT2D eigenvalue weighted by atomic mass is 16.3. The van der Waals surface area contributed by atoms with Crippen LogP contribution < -0.4 is 0 Å². The Morgan fingerprint density at radius 2 is 1.46 bits per heavy atom. The van der Waals surface area contributed by atoms with Gasteiger partial charge in [-0.3, -0.25) is 19.4 Å². The first-order valence-electron chi connectivity index (χ1n) is 9.51. The molecule has 0 aromatic carbocycles. The van der Waals surface area contributed by atoms with Crippen LogP contribution in [0.4, 0.5) is 0 Å². The van der Waals surface area contributed by atoms with Gasteiger partial charge in [-0.15, -0.1) is 0 Å². The summed E-state index contributed by atoms with van der Waals surface area (Å²) in [5, 5.41) is 0. The molecule has 0 radical (unpaired) electrons. The molecular formula is C20H22N4O4. The molecule has 2 aromatic heterocycles. The fourth-order valence-corrected chi connectivity index (χ4v) is 3.61. The van der Waals surface area contributed by atoms with E-state index >= 15 is 0 Å². The van der Waals surface area contributed by atoms with Crippen LogP contribution in [0.15, 0.2) is 41.1 Å². The van der Waals surface area contributed by atoms with Crippen LogP contribution >= 0.6 is 0 Å². The van der Waals surface area contributed by atoms with E-state index in [1.54, 1.807) is 34.1 Å². The summed E-state index contributed by atoms with van der Waals surface area (Å²) in [7, 11) is 0. The van der Waals surface area contributed by atoms with E-state index in [-0.39, 0.29) is 23.4 Å². The van der Waals surface area contributed by atoms with Crippen LogP contribution in [0.2, 0.25) is 0 Å². The zero-order valence-electron chi connectivity index (χ0n) is 15.5. The molecule has 3 amide bonds. The normalized spacial score (nSPS) is 17.1. The Kier molecular flexibility index (Phi) is 5.10. The monoisotopic (exact) mass is 382 g/mol. The molecule has 0 bridgehead atoms. The van der Waals surface area contributed by atoms with E-state index in [1.165, 1.54) is 12.5 Å². The smallest absolute Gasteiger partial charge is 0.289 e. The molecule has 2 saturated heterocycles. The molecule has 8 nitrogen and oxygen atoms in total. The second kappa shape index (κ2) is 7.84. The molecule has 28 heavy (non-hydrogen) atoms. The van der Waals surface area contributed by atoms with Crippen molar-refractivity contribution in [3.63, 3.8) is 0 Å². The number of piperazine rings is 1. The highest BCUT2D eigenvalue weighted by Gasteiger charge is 2.28. The van der Waals surface area contributed by atoms with Crippen molar-refractivity contribution in [2.75, 3.05) is 39.3 Å². The van der Waals surface area contributed by atoms with E-state index in [4.69, 9.17) is 4.42 Å². The van der Waals surface area contributed by atoms with Gasteiger partial charge in [-0.2, -0.15) is 0 Å². The SMILES string of the molecule is O=C(c1ccnc(C(=O)N2CCN(C(=O)c3ccco3)CC2)c1)N1CCCC1. The van der Waals surface area contributed by atoms with Crippen molar-refractivity contribution in [1.29, 1.82) is 0 Å². The predicted molar refractivity (Wildman–Crippen MR) is 99.9 cm³/mol. The summed E-state index contributed by atoms with van der Waals surface area (Å²) in [5.74, 6) is -0.146.